The maximum atomic E-state index is 5.87. The molecule has 3 heteroatoms. The highest BCUT2D eigenvalue weighted by atomic mass is 15.1. The standard InChI is InChI=1S/C18H23N3/c1-21(11-14-9-12-2-3-13(14)8-12)18-6-7-20-17-10-15(19)4-5-16(17)18/h4-7,10,12-14H,2-3,8-9,11,19H2,1H3. The molecule has 1 heterocycles. The van der Waals surface area contributed by atoms with E-state index < -0.39 is 0 Å². The van der Waals surface area contributed by atoms with Crippen molar-refractivity contribution in [1.29, 1.82) is 0 Å². The summed E-state index contributed by atoms with van der Waals surface area (Å²) in [7, 11) is 2.22. The van der Waals surface area contributed by atoms with Gasteiger partial charge in [0.25, 0.3) is 0 Å². The number of nitrogens with two attached hydrogens (primary N) is 1. The van der Waals surface area contributed by atoms with Crippen molar-refractivity contribution in [2.75, 3.05) is 24.2 Å². The minimum atomic E-state index is 0.780. The Morgan fingerprint density at radius 1 is 1.24 bits per heavy atom. The quantitative estimate of drug-likeness (QED) is 0.872. The number of nitrogen functional groups attached to an aromatic ring is 1. The molecule has 2 saturated carbocycles. The number of anilines is 2. The van der Waals surface area contributed by atoms with E-state index in [2.05, 4.69) is 29.1 Å². The summed E-state index contributed by atoms with van der Waals surface area (Å²) in [6, 6.07) is 8.17. The van der Waals surface area contributed by atoms with E-state index in [1.54, 1.807) is 0 Å². The zero-order valence-corrected chi connectivity index (χ0v) is 12.6. The Kier molecular flexibility index (Phi) is 3.02. The Morgan fingerprint density at radius 2 is 2.14 bits per heavy atom. The topological polar surface area (TPSA) is 42.2 Å². The van der Waals surface area contributed by atoms with E-state index in [9.17, 15) is 0 Å². The van der Waals surface area contributed by atoms with Gasteiger partial charge in [-0.15, -0.1) is 0 Å². The van der Waals surface area contributed by atoms with Crippen molar-refractivity contribution in [3.8, 4) is 0 Å². The zero-order valence-electron chi connectivity index (χ0n) is 12.6. The van der Waals surface area contributed by atoms with Crippen LogP contribution in [0, 0.1) is 17.8 Å². The molecule has 2 fully saturated rings. The summed E-state index contributed by atoms with van der Waals surface area (Å²) < 4.78 is 0. The van der Waals surface area contributed by atoms with Crippen LogP contribution in [0.3, 0.4) is 0 Å². The second-order valence-corrected chi connectivity index (χ2v) is 6.92. The number of benzene rings is 1. The molecule has 4 rings (SSSR count). The number of fused-ring (bicyclic) bond motifs is 3. The van der Waals surface area contributed by atoms with Gasteiger partial charge in [0, 0.05) is 36.6 Å². The van der Waals surface area contributed by atoms with Gasteiger partial charge in [-0.2, -0.15) is 0 Å². The number of pyridine rings is 1. The number of nitrogens with zero attached hydrogens (tertiary/aromatic N) is 2. The smallest absolute Gasteiger partial charge is 0.0743 e. The van der Waals surface area contributed by atoms with Crippen molar-refractivity contribution in [3.63, 3.8) is 0 Å². The molecular weight excluding hydrogens is 258 g/mol. The lowest BCUT2D eigenvalue weighted by Crippen LogP contribution is -2.28. The highest BCUT2D eigenvalue weighted by molar-refractivity contribution is 5.93. The number of hydrogen-bond donors (Lipinski definition) is 1. The minimum absolute atomic E-state index is 0.780. The molecule has 2 aromatic rings. The Labute approximate surface area is 126 Å². The van der Waals surface area contributed by atoms with Crippen LogP contribution < -0.4 is 10.6 Å². The summed E-state index contributed by atoms with van der Waals surface area (Å²) in [5.41, 5.74) is 8.92. The molecule has 1 aromatic heterocycles. The fourth-order valence-corrected chi connectivity index (χ4v) is 4.53. The first-order valence-corrected chi connectivity index (χ1v) is 8.06. The normalized spacial score (nSPS) is 27.4. The zero-order chi connectivity index (χ0) is 14.4. The molecule has 0 amide bonds. The minimum Gasteiger partial charge on any atom is -0.399 e. The van der Waals surface area contributed by atoms with E-state index in [1.165, 1.54) is 43.3 Å². The van der Waals surface area contributed by atoms with Crippen LogP contribution in [-0.2, 0) is 0 Å². The van der Waals surface area contributed by atoms with Crippen LogP contribution in [0.5, 0.6) is 0 Å². The lowest BCUT2D eigenvalue weighted by Gasteiger charge is -2.29. The molecule has 2 N–H and O–H groups in total. The van der Waals surface area contributed by atoms with Gasteiger partial charge in [-0.25, -0.2) is 0 Å². The predicted octanol–water partition coefficient (Wildman–Crippen LogP) is 3.69. The number of aromatic nitrogens is 1. The Bertz CT molecular complexity index is 667. The fourth-order valence-electron chi connectivity index (χ4n) is 4.53. The van der Waals surface area contributed by atoms with E-state index in [1.807, 2.05) is 18.3 Å². The molecule has 0 saturated heterocycles. The second kappa shape index (κ2) is 4.90. The first-order chi connectivity index (χ1) is 10.2. The summed E-state index contributed by atoms with van der Waals surface area (Å²) in [5.74, 6) is 2.87. The van der Waals surface area contributed by atoms with Gasteiger partial charge in [0.2, 0.25) is 0 Å². The predicted molar refractivity (Wildman–Crippen MR) is 88.4 cm³/mol. The summed E-state index contributed by atoms with van der Waals surface area (Å²) in [4.78, 5) is 6.87. The van der Waals surface area contributed by atoms with Gasteiger partial charge in [0.15, 0.2) is 0 Å². The lowest BCUT2D eigenvalue weighted by atomic mass is 9.88. The van der Waals surface area contributed by atoms with Crippen molar-refractivity contribution in [1.82, 2.24) is 4.98 Å². The van der Waals surface area contributed by atoms with Crippen molar-refractivity contribution in [3.05, 3.63) is 30.5 Å². The number of hydrogen-bond acceptors (Lipinski definition) is 3. The molecule has 0 aliphatic heterocycles. The molecule has 0 radical (unpaired) electrons. The summed E-state index contributed by atoms with van der Waals surface area (Å²) in [5, 5.41) is 1.21. The van der Waals surface area contributed by atoms with Crippen molar-refractivity contribution >= 4 is 22.3 Å². The van der Waals surface area contributed by atoms with Crippen molar-refractivity contribution < 1.29 is 0 Å². The maximum Gasteiger partial charge on any atom is 0.0743 e. The van der Waals surface area contributed by atoms with Crippen LogP contribution in [-0.4, -0.2) is 18.6 Å². The third-order valence-corrected chi connectivity index (χ3v) is 5.55. The van der Waals surface area contributed by atoms with E-state index in [4.69, 9.17) is 5.73 Å². The van der Waals surface area contributed by atoms with Gasteiger partial charge in [0.05, 0.1) is 5.52 Å². The average molecular weight is 281 g/mol. The van der Waals surface area contributed by atoms with E-state index in [0.29, 0.717) is 0 Å². The lowest BCUT2D eigenvalue weighted by molar-refractivity contribution is 0.337. The van der Waals surface area contributed by atoms with Crippen molar-refractivity contribution in [2.24, 2.45) is 17.8 Å². The Balaban J connectivity index is 1.60. The molecule has 2 aliphatic rings. The molecule has 3 atom stereocenters. The maximum absolute atomic E-state index is 5.87. The van der Waals surface area contributed by atoms with Crippen molar-refractivity contribution in [2.45, 2.75) is 25.7 Å². The fraction of sp³-hybridized carbons (Fsp3) is 0.500. The highest BCUT2D eigenvalue weighted by Gasteiger charge is 2.39. The molecule has 2 aliphatic carbocycles. The molecule has 110 valence electrons. The van der Waals surface area contributed by atoms with Gasteiger partial charge >= 0.3 is 0 Å². The largest absolute Gasteiger partial charge is 0.399 e. The molecular formula is C18H23N3. The van der Waals surface area contributed by atoms with Crippen LogP contribution in [0.25, 0.3) is 10.9 Å². The number of rotatable bonds is 3. The second-order valence-electron chi connectivity index (χ2n) is 6.92. The van der Waals surface area contributed by atoms with Crippen LogP contribution >= 0.6 is 0 Å². The van der Waals surface area contributed by atoms with Crippen LogP contribution in [0.4, 0.5) is 11.4 Å². The van der Waals surface area contributed by atoms with E-state index >= 15 is 0 Å². The van der Waals surface area contributed by atoms with Crippen LogP contribution in [0.1, 0.15) is 25.7 Å². The molecule has 3 unspecified atom stereocenters. The molecule has 3 nitrogen and oxygen atoms in total. The van der Waals surface area contributed by atoms with Gasteiger partial charge in [-0.3, -0.25) is 4.98 Å². The Hall–Kier alpha value is -1.77. The third kappa shape index (κ3) is 2.25. The van der Waals surface area contributed by atoms with Gasteiger partial charge in [-0.1, -0.05) is 6.42 Å². The summed E-state index contributed by atoms with van der Waals surface area (Å²) in [6.45, 7) is 1.17. The van der Waals surface area contributed by atoms with Crippen LogP contribution in [0.15, 0.2) is 30.5 Å². The van der Waals surface area contributed by atoms with E-state index in [0.717, 1.165) is 29.0 Å². The molecule has 21 heavy (non-hydrogen) atoms. The highest BCUT2D eigenvalue weighted by Crippen LogP contribution is 2.48. The summed E-state index contributed by atoms with van der Waals surface area (Å²) in [6.07, 6.45) is 7.74. The van der Waals surface area contributed by atoms with E-state index in [-0.39, 0.29) is 0 Å². The molecule has 0 spiro atoms. The SMILES string of the molecule is CN(CC1CC2CCC1C2)c1ccnc2cc(N)ccc12. The van der Waals surface area contributed by atoms with Crippen LogP contribution in [0.2, 0.25) is 0 Å². The average Bonchev–Trinajstić information content (AvgIpc) is 3.08. The first kappa shape index (κ1) is 12.9. The molecule has 1 aromatic carbocycles. The third-order valence-electron chi connectivity index (χ3n) is 5.55. The monoisotopic (exact) mass is 281 g/mol. The van der Waals surface area contributed by atoms with Gasteiger partial charge in [-0.05, 0) is 61.3 Å². The Morgan fingerprint density at radius 3 is 2.90 bits per heavy atom. The van der Waals surface area contributed by atoms with Gasteiger partial charge in [0.1, 0.15) is 0 Å². The molecule has 2 bridgehead atoms. The van der Waals surface area contributed by atoms with Gasteiger partial charge < -0.3 is 10.6 Å². The first-order valence-electron chi connectivity index (χ1n) is 8.06. The summed E-state index contributed by atoms with van der Waals surface area (Å²) >= 11 is 0.